The van der Waals surface area contributed by atoms with Crippen LogP contribution in [-0.2, 0) is 4.74 Å². The van der Waals surface area contributed by atoms with Crippen LogP contribution >= 0.6 is 15.9 Å². The second-order valence-electron chi connectivity index (χ2n) is 3.63. The van der Waals surface area contributed by atoms with Crippen LogP contribution in [0.3, 0.4) is 0 Å². The SMILES string of the molecule is Brc1cnc2ccc(O[C@H]3CCOC3)nn12. The van der Waals surface area contributed by atoms with Gasteiger partial charge in [-0.15, -0.1) is 5.10 Å². The van der Waals surface area contributed by atoms with Crippen LogP contribution in [-0.4, -0.2) is 33.9 Å². The molecule has 1 saturated heterocycles. The van der Waals surface area contributed by atoms with E-state index >= 15 is 0 Å². The maximum Gasteiger partial charge on any atom is 0.232 e. The third kappa shape index (κ3) is 1.78. The average Bonchev–Trinajstić information content (AvgIpc) is 2.90. The molecule has 84 valence electrons. The summed E-state index contributed by atoms with van der Waals surface area (Å²) in [6, 6.07) is 3.70. The predicted octanol–water partition coefficient (Wildman–Crippen LogP) is 1.66. The molecule has 6 heteroatoms. The highest BCUT2D eigenvalue weighted by Gasteiger charge is 2.18. The molecule has 0 unspecified atom stereocenters. The first-order valence-corrected chi connectivity index (χ1v) is 5.87. The van der Waals surface area contributed by atoms with Crippen molar-refractivity contribution in [2.45, 2.75) is 12.5 Å². The lowest BCUT2D eigenvalue weighted by atomic mass is 10.3. The van der Waals surface area contributed by atoms with Crippen molar-refractivity contribution in [2.24, 2.45) is 0 Å². The van der Waals surface area contributed by atoms with Crippen LogP contribution in [0.4, 0.5) is 0 Å². The van der Waals surface area contributed by atoms with Crippen molar-refractivity contribution in [1.29, 1.82) is 0 Å². The minimum atomic E-state index is 0.118. The van der Waals surface area contributed by atoms with Gasteiger partial charge in [0.25, 0.3) is 0 Å². The summed E-state index contributed by atoms with van der Waals surface area (Å²) >= 11 is 3.37. The highest BCUT2D eigenvalue weighted by Crippen LogP contribution is 2.17. The fourth-order valence-electron chi connectivity index (χ4n) is 1.67. The maximum absolute atomic E-state index is 5.70. The van der Waals surface area contributed by atoms with Gasteiger partial charge in [-0.05, 0) is 22.0 Å². The topological polar surface area (TPSA) is 48.7 Å². The molecule has 16 heavy (non-hydrogen) atoms. The quantitative estimate of drug-likeness (QED) is 0.841. The lowest BCUT2D eigenvalue weighted by molar-refractivity contribution is 0.137. The molecule has 3 heterocycles. The Balaban J connectivity index is 1.88. The van der Waals surface area contributed by atoms with Crippen molar-refractivity contribution < 1.29 is 9.47 Å². The molecule has 0 bridgehead atoms. The Morgan fingerprint density at radius 2 is 2.44 bits per heavy atom. The molecule has 0 radical (unpaired) electrons. The monoisotopic (exact) mass is 283 g/mol. The Hall–Kier alpha value is -1.14. The van der Waals surface area contributed by atoms with Gasteiger partial charge in [-0.3, -0.25) is 0 Å². The van der Waals surface area contributed by atoms with Crippen molar-refractivity contribution in [3.05, 3.63) is 22.9 Å². The highest BCUT2D eigenvalue weighted by molar-refractivity contribution is 9.10. The van der Waals surface area contributed by atoms with Gasteiger partial charge in [0, 0.05) is 12.5 Å². The Labute approximate surface area is 101 Å². The first-order valence-electron chi connectivity index (χ1n) is 5.07. The molecule has 0 amide bonds. The summed E-state index contributed by atoms with van der Waals surface area (Å²) in [7, 11) is 0. The van der Waals surface area contributed by atoms with E-state index in [1.54, 1.807) is 10.7 Å². The summed E-state index contributed by atoms with van der Waals surface area (Å²) in [5, 5.41) is 4.33. The first-order chi connectivity index (χ1) is 7.83. The number of rotatable bonds is 2. The van der Waals surface area contributed by atoms with E-state index in [9.17, 15) is 0 Å². The Bertz CT molecular complexity index is 508. The van der Waals surface area contributed by atoms with Crippen molar-refractivity contribution in [1.82, 2.24) is 14.6 Å². The molecule has 2 aromatic rings. The number of hydrogen-bond donors (Lipinski definition) is 0. The highest BCUT2D eigenvalue weighted by atomic mass is 79.9. The molecule has 0 saturated carbocycles. The molecule has 1 aliphatic rings. The van der Waals surface area contributed by atoms with E-state index in [4.69, 9.17) is 9.47 Å². The van der Waals surface area contributed by atoms with Gasteiger partial charge < -0.3 is 9.47 Å². The van der Waals surface area contributed by atoms with Gasteiger partial charge in [-0.25, -0.2) is 9.50 Å². The summed E-state index contributed by atoms with van der Waals surface area (Å²) in [5.74, 6) is 0.599. The minimum absolute atomic E-state index is 0.118. The van der Waals surface area contributed by atoms with Crippen LogP contribution < -0.4 is 4.74 Å². The lowest BCUT2D eigenvalue weighted by Gasteiger charge is -2.10. The normalized spacial score (nSPS) is 20.4. The molecule has 0 aliphatic carbocycles. The molecule has 0 spiro atoms. The largest absolute Gasteiger partial charge is 0.471 e. The second-order valence-corrected chi connectivity index (χ2v) is 4.44. The van der Waals surface area contributed by atoms with Crippen molar-refractivity contribution >= 4 is 21.6 Å². The Morgan fingerprint density at radius 3 is 3.25 bits per heavy atom. The fraction of sp³-hybridized carbons (Fsp3) is 0.400. The number of imidazole rings is 1. The van der Waals surface area contributed by atoms with Gasteiger partial charge >= 0.3 is 0 Å². The summed E-state index contributed by atoms with van der Waals surface area (Å²) in [6.45, 7) is 1.41. The van der Waals surface area contributed by atoms with Crippen LogP contribution in [0.2, 0.25) is 0 Å². The van der Waals surface area contributed by atoms with Crippen LogP contribution in [0.5, 0.6) is 5.88 Å². The van der Waals surface area contributed by atoms with E-state index in [2.05, 4.69) is 26.0 Å². The van der Waals surface area contributed by atoms with Gasteiger partial charge in [0.2, 0.25) is 5.88 Å². The van der Waals surface area contributed by atoms with E-state index in [1.807, 2.05) is 12.1 Å². The zero-order valence-electron chi connectivity index (χ0n) is 8.47. The predicted molar refractivity (Wildman–Crippen MR) is 60.5 cm³/mol. The Morgan fingerprint density at radius 1 is 1.50 bits per heavy atom. The summed E-state index contributed by atoms with van der Waals surface area (Å²) in [6.07, 6.45) is 2.75. The van der Waals surface area contributed by atoms with Gasteiger partial charge in [0.15, 0.2) is 5.65 Å². The molecular weight excluding hydrogens is 274 g/mol. The number of fused-ring (bicyclic) bond motifs is 1. The van der Waals surface area contributed by atoms with Gasteiger partial charge in [0.05, 0.1) is 19.4 Å². The van der Waals surface area contributed by atoms with Crippen LogP contribution in [0.25, 0.3) is 5.65 Å². The molecule has 5 nitrogen and oxygen atoms in total. The van der Waals surface area contributed by atoms with E-state index in [-0.39, 0.29) is 6.10 Å². The summed E-state index contributed by atoms with van der Waals surface area (Å²) in [5.41, 5.74) is 0.793. The van der Waals surface area contributed by atoms with Crippen LogP contribution in [0, 0.1) is 0 Å². The minimum Gasteiger partial charge on any atom is -0.471 e. The molecule has 2 aromatic heterocycles. The molecule has 1 aliphatic heterocycles. The Kier molecular flexibility index (Phi) is 2.53. The number of halogens is 1. The van der Waals surface area contributed by atoms with Crippen molar-refractivity contribution in [2.75, 3.05) is 13.2 Å². The summed E-state index contributed by atoms with van der Waals surface area (Å²) < 4.78 is 13.5. The smallest absolute Gasteiger partial charge is 0.232 e. The standard InChI is InChI=1S/C10H10BrN3O2/c11-8-5-12-9-1-2-10(13-14(8)9)16-7-3-4-15-6-7/h1-2,5,7H,3-4,6H2/t7-/m0/s1. The second kappa shape index (κ2) is 4.03. The fourth-order valence-corrected chi connectivity index (χ4v) is 2.03. The number of ether oxygens (including phenoxy) is 2. The first kappa shape index (κ1) is 10.0. The summed E-state index contributed by atoms with van der Waals surface area (Å²) in [4.78, 5) is 4.16. The number of hydrogen-bond acceptors (Lipinski definition) is 4. The van der Waals surface area contributed by atoms with E-state index < -0.39 is 0 Å². The van der Waals surface area contributed by atoms with Crippen LogP contribution in [0.1, 0.15) is 6.42 Å². The van der Waals surface area contributed by atoms with E-state index in [0.29, 0.717) is 12.5 Å². The molecule has 3 rings (SSSR count). The van der Waals surface area contributed by atoms with Gasteiger partial charge in [-0.1, -0.05) is 0 Å². The molecule has 0 aromatic carbocycles. The third-order valence-corrected chi connectivity index (χ3v) is 3.01. The van der Waals surface area contributed by atoms with E-state index in [0.717, 1.165) is 23.3 Å². The molecular formula is C10H10BrN3O2. The van der Waals surface area contributed by atoms with E-state index in [1.165, 1.54) is 0 Å². The number of nitrogens with zero attached hydrogens (tertiary/aromatic N) is 3. The third-order valence-electron chi connectivity index (χ3n) is 2.47. The van der Waals surface area contributed by atoms with Gasteiger partial charge in [-0.2, -0.15) is 0 Å². The van der Waals surface area contributed by atoms with Crippen molar-refractivity contribution in [3.8, 4) is 5.88 Å². The molecule has 1 atom stereocenters. The number of aromatic nitrogens is 3. The lowest BCUT2D eigenvalue weighted by Crippen LogP contribution is -2.17. The molecule has 1 fully saturated rings. The van der Waals surface area contributed by atoms with Gasteiger partial charge in [0.1, 0.15) is 10.7 Å². The van der Waals surface area contributed by atoms with Crippen molar-refractivity contribution in [3.63, 3.8) is 0 Å². The molecule has 0 N–H and O–H groups in total. The average molecular weight is 284 g/mol. The maximum atomic E-state index is 5.70. The zero-order valence-corrected chi connectivity index (χ0v) is 10.1. The van der Waals surface area contributed by atoms with Crippen LogP contribution in [0.15, 0.2) is 22.9 Å². The zero-order chi connectivity index (χ0) is 11.0.